The quantitative estimate of drug-likeness (QED) is 0.783. The van der Waals surface area contributed by atoms with Crippen molar-refractivity contribution in [3.63, 3.8) is 0 Å². The molecule has 2 aliphatic rings. The van der Waals surface area contributed by atoms with Crippen LogP contribution in [0.25, 0.3) is 0 Å². The predicted molar refractivity (Wildman–Crippen MR) is 75.0 cm³/mol. The van der Waals surface area contributed by atoms with Gasteiger partial charge < -0.3 is 24.7 Å². The van der Waals surface area contributed by atoms with E-state index in [0.29, 0.717) is 45.2 Å². The van der Waals surface area contributed by atoms with Crippen LogP contribution >= 0.6 is 0 Å². The molecule has 2 aliphatic heterocycles. The van der Waals surface area contributed by atoms with Crippen LogP contribution in [0, 0.1) is 5.92 Å². The van der Waals surface area contributed by atoms with Gasteiger partial charge in [0.25, 0.3) is 0 Å². The third-order valence-electron chi connectivity index (χ3n) is 4.34. The molecule has 0 radical (unpaired) electrons. The maximum Gasteiger partial charge on any atom is 0.320 e. The van der Waals surface area contributed by atoms with E-state index in [-0.39, 0.29) is 25.1 Å². The van der Waals surface area contributed by atoms with E-state index in [9.17, 15) is 14.7 Å². The van der Waals surface area contributed by atoms with Gasteiger partial charge in [-0.3, -0.25) is 4.79 Å². The standard InChI is InChI=1S/C14H24N2O5/c17-9-12-10-21-8-7-16(12)14(20)15-5-3-11(4-6-15)1-2-13(18)19/h11-12,17H,1-10H2,(H,18,19). The first kappa shape index (κ1) is 16.0. The zero-order chi connectivity index (χ0) is 15.2. The number of aliphatic hydroxyl groups excluding tert-OH is 1. The van der Waals surface area contributed by atoms with Gasteiger partial charge in [-0.2, -0.15) is 0 Å². The van der Waals surface area contributed by atoms with E-state index >= 15 is 0 Å². The number of aliphatic hydroxyl groups is 1. The summed E-state index contributed by atoms with van der Waals surface area (Å²) in [6, 6.07) is -0.287. The Morgan fingerprint density at radius 1 is 1.19 bits per heavy atom. The minimum Gasteiger partial charge on any atom is -0.481 e. The molecule has 2 rings (SSSR count). The van der Waals surface area contributed by atoms with Gasteiger partial charge in [0.2, 0.25) is 0 Å². The number of nitrogens with zero attached hydrogens (tertiary/aromatic N) is 2. The zero-order valence-electron chi connectivity index (χ0n) is 12.2. The summed E-state index contributed by atoms with van der Waals surface area (Å²) in [5, 5.41) is 18.0. The maximum atomic E-state index is 12.5. The number of aliphatic carboxylic acids is 1. The molecule has 0 saturated carbocycles. The number of hydrogen-bond acceptors (Lipinski definition) is 4. The topological polar surface area (TPSA) is 90.3 Å². The van der Waals surface area contributed by atoms with E-state index < -0.39 is 5.97 Å². The highest BCUT2D eigenvalue weighted by molar-refractivity contribution is 5.75. The molecular weight excluding hydrogens is 276 g/mol. The second-order valence-corrected chi connectivity index (χ2v) is 5.75. The van der Waals surface area contributed by atoms with Gasteiger partial charge in [0.1, 0.15) is 0 Å². The second kappa shape index (κ2) is 7.61. The van der Waals surface area contributed by atoms with Crippen molar-refractivity contribution in [1.29, 1.82) is 0 Å². The fourth-order valence-electron chi connectivity index (χ4n) is 2.98. The number of ether oxygens (including phenoxy) is 1. The van der Waals surface area contributed by atoms with Gasteiger partial charge in [0.15, 0.2) is 0 Å². The molecule has 1 unspecified atom stereocenters. The smallest absolute Gasteiger partial charge is 0.320 e. The van der Waals surface area contributed by atoms with Crippen molar-refractivity contribution in [2.45, 2.75) is 31.7 Å². The summed E-state index contributed by atoms with van der Waals surface area (Å²) in [7, 11) is 0. The van der Waals surface area contributed by atoms with Gasteiger partial charge in [-0.05, 0) is 25.2 Å². The van der Waals surface area contributed by atoms with Gasteiger partial charge in [0.05, 0.1) is 25.9 Å². The average Bonchev–Trinajstić information content (AvgIpc) is 2.52. The maximum absolute atomic E-state index is 12.5. The Labute approximate surface area is 124 Å². The van der Waals surface area contributed by atoms with Crippen LogP contribution in [0.15, 0.2) is 0 Å². The molecule has 2 heterocycles. The lowest BCUT2D eigenvalue weighted by molar-refractivity contribution is -0.137. The molecule has 0 aliphatic carbocycles. The molecule has 0 spiro atoms. The Kier molecular flexibility index (Phi) is 5.81. The lowest BCUT2D eigenvalue weighted by Crippen LogP contribution is -2.56. The minimum atomic E-state index is -0.757. The van der Waals surface area contributed by atoms with E-state index in [0.717, 1.165) is 12.8 Å². The number of urea groups is 1. The van der Waals surface area contributed by atoms with E-state index in [1.807, 2.05) is 4.90 Å². The lowest BCUT2D eigenvalue weighted by Gasteiger charge is -2.40. The second-order valence-electron chi connectivity index (χ2n) is 5.75. The minimum absolute atomic E-state index is 0.0333. The number of carboxylic acids is 1. The molecule has 2 amide bonds. The van der Waals surface area contributed by atoms with Gasteiger partial charge in [-0.25, -0.2) is 4.79 Å². The van der Waals surface area contributed by atoms with E-state index in [2.05, 4.69) is 0 Å². The van der Waals surface area contributed by atoms with Crippen molar-refractivity contribution in [2.24, 2.45) is 5.92 Å². The van der Waals surface area contributed by atoms with Crippen LogP contribution in [0.5, 0.6) is 0 Å². The van der Waals surface area contributed by atoms with E-state index in [1.165, 1.54) is 0 Å². The highest BCUT2D eigenvalue weighted by Gasteiger charge is 2.32. The molecule has 120 valence electrons. The number of morpholine rings is 1. The summed E-state index contributed by atoms with van der Waals surface area (Å²) in [5.74, 6) is -0.365. The number of amides is 2. The Bertz CT molecular complexity index is 368. The van der Waals surface area contributed by atoms with Gasteiger partial charge in [-0.1, -0.05) is 0 Å². The highest BCUT2D eigenvalue weighted by atomic mass is 16.5. The molecule has 0 bridgehead atoms. The van der Waals surface area contributed by atoms with Crippen molar-refractivity contribution in [3.8, 4) is 0 Å². The summed E-state index contributed by atoms with van der Waals surface area (Å²) in [6.07, 6.45) is 2.60. The first-order valence-electron chi connectivity index (χ1n) is 7.57. The van der Waals surface area contributed by atoms with Gasteiger partial charge >= 0.3 is 12.0 Å². The summed E-state index contributed by atoms with van der Waals surface area (Å²) in [6.45, 7) is 2.66. The molecule has 7 nitrogen and oxygen atoms in total. The van der Waals surface area contributed by atoms with E-state index in [4.69, 9.17) is 9.84 Å². The summed E-state index contributed by atoms with van der Waals surface area (Å²) >= 11 is 0. The van der Waals surface area contributed by atoms with Gasteiger partial charge in [0, 0.05) is 26.1 Å². The SMILES string of the molecule is O=C(O)CCC1CCN(C(=O)N2CCOCC2CO)CC1. The van der Waals surface area contributed by atoms with Crippen molar-refractivity contribution < 1.29 is 24.5 Å². The number of carbonyl (C=O) groups excluding carboxylic acids is 1. The molecule has 2 fully saturated rings. The summed E-state index contributed by atoms with van der Waals surface area (Å²) < 4.78 is 5.28. The number of hydrogen-bond donors (Lipinski definition) is 2. The lowest BCUT2D eigenvalue weighted by atomic mass is 9.92. The van der Waals surface area contributed by atoms with Crippen LogP contribution in [-0.2, 0) is 9.53 Å². The van der Waals surface area contributed by atoms with Crippen LogP contribution in [0.1, 0.15) is 25.7 Å². The fourth-order valence-corrected chi connectivity index (χ4v) is 2.98. The van der Waals surface area contributed by atoms with Crippen LogP contribution in [0.3, 0.4) is 0 Å². The third kappa shape index (κ3) is 4.31. The van der Waals surface area contributed by atoms with Crippen LogP contribution in [0.4, 0.5) is 4.79 Å². The molecule has 1 atom stereocenters. The molecule has 0 aromatic rings. The number of likely N-dealkylation sites (tertiary alicyclic amines) is 1. The molecular formula is C14H24N2O5. The third-order valence-corrected chi connectivity index (χ3v) is 4.34. The highest BCUT2D eigenvalue weighted by Crippen LogP contribution is 2.23. The zero-order valence-corrected chi connectivity index (χ0v) is 12.2. The van der Waals surface area contributed by atoms with Crippen molar-refractivity contribution in [3.05, 3.63) is 0 Å². The van der Waals surface area contributed by atoms with Gasteiger partial charge in [-0.15, -0.1) is 0 Å². The molecule has 2 saturated heterocycles. The summed E-state index contributed by atoms with van der Waals surface area (Å²) in [5.41, 5.74) is 0. The first-order valence-corrected chi connectivity index (χ1v) is 7.57. The molecule has 0 aromatic heterocycles. The average molecular weight is 300 g/mol. The van der Waals surface area contributed by atoms with Crippen molar-refractivity contribution in [2.75, 3.05) is 39.5 Å². The Morgan fingerprint density at radius 2 is 1.90 bits per heavy atom. The first-order chi connectivity index (χ1) is 10.1. The Morgan fingerprint density at radius 3 is 2.52 bits per heavy atom. The normalized spacial score (nSPS) is 24.1. The molecule has 7 heteroatoms. The Hall–Kier alpha value is -1.34. The molecule has 21 heavy (non-hydrogen) atoms. The summed E-state index contributed by atoms with van der Waals surface area (Å²) in [4.78, 5) is 26.6. The van der Waals surface area contributed by atoms with Crippen molar-refractivity contribution in [1.82, 2.24) is 9.80 Å². The molecule has 2 N–H and O–H groups in total. The van der Waals surface area contributed by atoms with E-state index in [1.54, 1.807) is 4.90 Å². The number of carboxylic acid groups (broad SMARTS) is 1. The fraction of sp³-hybridized carbons (Fsp3) is 0.857. The predicted octanol–water partition coefficient (Wildman–Crippen LogP) is 0.376. The Balaban J connectivity index is 1.80. The van der Waals surface area contributed by atoms with Crippen LogP contribution in [-0.4, -0.2) is 77.5 Å². The number of rotatable bonds is 4. The largest absolute Gasteiger partial charge is 0.481 e. The molecule has 0 aromatic carbocycles. The van der Waals surface area contributed by atoms with Crippen LogP contribution in [0.2, 0.25) is 0 Å². The van der Waals surface area contributed by atoms with Crippen LogP contribution < -0.4 is 0 Å². The number of piperidine rings is 1. The van der Waals surface area contributed by atoms with Crippen molar-refractivity contribution >= 4 is 12.0 Å². The monoisotopic (exact) mass is 300 g/mol. The number of carbonyl (C=O) groups is 2.